The van der Waals surface area contributed by atoms with E-state index >= 15 is 0 Å². The first-order valence-corrected chi connectivity index (χ1v) is 9.68. The molecule has 0 aromatic heterocycles. The van der Waals surface area contributed by atoms with Gasteiger partial charge in [0.1, 0.15) is 5.75 Å². The molecule has 1 fully saturated rings. The topological polar surface area (TPSA) is 82.1 Å². The molecule has 1 saturated heterocycles. The highest BCUT2D eigenvalue weighted by molar-refractivity contribution is 6.31. The van der Waals surface area contributed by atoms with Crippen LogP contribution in [0.3, 0.4) is 0 Å². The van der Waals surface area contributed by atoms with Crippen LogP contribution in [0.25, 0.3) is 0 Å². The molecule has 0 radical (unpaired) electrons. The third-order valence-corrected chi connectivity index (χ3v) is 4.87. The normalized spacial score (nSPS) is 17.5. The van der Waals surface area contributed by atoms with Gasteiger partial charge in [0, 0.05) is 24.2 Å². The minimum absolute atomic E-state index is 0.0114. The number of carboxylic acid groups (broad SMARTS) is 1. The molecule has 8 heteroatoms. The highest BCUT2D eigenvalue weighted by Gasteiger charge is 2.24. The van der Waals surface area contributed by atoms with Crippen LogP contribution in [0.15, 0.2) is 18.2 Å². The Kier molecular flexibility index (Phi) is 8.19. The molecule has 1 aliphatic heterocycles. The standard InChI is InChI=1S/C19H28ClN3O4/c1-3-11-27-17-7-6-14(20)12-16(17)21-19(26)23-9-4-5-15(8-10-23)22(2)13-18(24)25/h6-7,12,15H,3-5,8-11,13H2,1-2H3,(H,21,26)(H,24,25). The van der Waals surface area contributed by atoms with Crippen molar-refractivity contribution in [3.8, 4) is 5.75 Å². The number of ether oxygens (including phenoxy) is 1. The summed E-state index contributed by atoms with van der Waals surface area (Å²) in [6.45, 7) is 3.80. The molecule has 2 amide bonds. The molecule has 0 spiro atoms. The molecule has 1 atom stereocenters. The van der Waals surface area contributed by atoms with Gasteiger partial charge in [-0.25, -0.2) is 4.79 Å². The van der Waals surface area contributed by atoms with Gasteiger partial charge in [-0.15, -0.1) is 0 Å². The highest BCUT2D eigenvalue weighted by atomic mass is 35.5. The molecule has 1 aromatic rings. The summed E-state index contributed by atoms with van der Waals surface area (Å²) < 4.78 is 5.69. The zero-order valence-electron chi connectivity index (χ0n) is 15.9. The van der Waals surface area contributed by atoms with E-state index in [0.29, 0.717) is 36.2 Å². The molecule has 0 saturated carbocycles. The van der Waals surface area contributed by atoms with E-state index in [2.05, 4.69) is 5.32 Å². The lowest BCUT2D eigenvalue weighted by atomic mass is 10.1. The van der Waals surface area contributed by atoms with Crippen LogP contribution in [-0.4, -0.2) is 66.2 Å². The average Bonchev–Trinajstić information content (AvgIpc) is 2.87. The molecule has 27 heavy (non-hydrogen) atoms. The van der Waals surface area contributed by atoms with Gasteiger partial charge in [-0.05, 0) is 50.9 Å². The van der Waals surface area contributed by atoms with E-state index in [0.717, 1.165) is 25.7 Å². The summed E-state index contributed by atoms with van der Waals surface area (Å²) in [5.41, 5.74) is 0.560. The van der Waals surface area contributed by atoms with Gasteiger partial charge in [0.05, 0.1) is 18.8 Å². The fourth-order valence-corrected chi connectivity index (χ4v) is 3.37. The lowest BCUT2D eigenvalue weighted by Gasteiger charge is -2.26. The SMILES string of the molecule is CCCOc1ccc(Cl)cc1NC(=O)N1CCCC(N(C)CC(=O)O)CC1. The van der Waals surface area contributed by atoms with Crippen LogP contribution in [0.5, 0.6) is 5.75 Å². The van der Waals surface area contributed by atoms with Gasteiger partial charge in [0.15, 0.2) is 0 Å². The minimum atomic E-state index is -0.836. The second kappa shape index (κ2) is 10.4. The van der Waals surface area contributed by atoms with Crippen LogP contribution in [0.2, 0.25) is 5.02 Å². The molecule has 150 valence electrons. The Labute approximate surface area is 165 Å². The van der Waals surface area contributed by atoms with E-state index in [1.54, 1.807) is 23.1 Å². The number of nitrogens with one attached hydrogen (secondary N) is 1. The zero-order valence-corrected chi connectivity index (χ0v) is 16.7. The van der Waals surface area contributed by atoms with Gasteiger partial charge in [-0.1, -0.05) is 18.5 Å². The second-order valence-electron chi connectivity index (χ2n) is 6.80. The Morgan fingerprint density at radius 1 is 1.37 bits per heavy atom. The Morgan fingerprint density at radius 2 is 2.15 bits per heavy atom. The Hall–Kier alpha value is -1.99. The van der Waals surface area contributed by atoms with Gasteiger partial charge >= 0.3 is 12.0 Å². The van der Waals surface area contributed by atoms with Crippen molar-refractivity contribution >= 4 is 29.3 Å². The lowest BCUT2D eigenvalue weighted by molar-refractivity contribution is -0.138. The second-order valence-corrected chi connectivity index (χ2v) is 7.24. The number of nitrogens with zero attached hydrogens (tertiary/aromatic N) is 2. The van der Waals surface area contributed by atoms with E-state index in [-0.39, 0.29) is 18.6 Å². The van der Waals surface area contributed by atoms with Gasteiger partial charge < -0.3 is 20.1 Å². The van der Waals surface area contributed by atoms with E-state index in [4.69, 9.17) is 21.4 Å². The molecule has 7 nitrogen and oxygen atoms in total. The summed E-state index contributed by atoms with van der Waals surface area (Å²) in [5.74, 6) is -0.236. The number of carbonyl (C=O) groups excluding carboxylic acids is 1. The first kappa shape index (κ1) is 21.3. The van der Waals surface area contributed by atoms with Crippen molar-refractivity contribution in [2.45, 2.75) is 38.6 Å². The predicted molar refractivity (Wildman–Crippen MR) is 106 cm³/mol. The smallest absolute Gasteiger partial charge is 0.321 e. The Bertz CT molecular complexity index is 656. The van der Waals surface area contributed by atoms with Crippen molar-refractivity contribution in [1.82, 2.24) is 9.80 Å². The van der Waals surface area contributed by atoms with Crippen molar-refractivity contribution in [3.05, 3.63) is 23.2 Å². The number of aliphatic carboxylic acids is 1. The molecule has 1 heterocycles. The molecule has 1 unspecified atom stereocenters. The molecule has 2 N–H and O–H groups in total. The highest BCUT2D eigenvalue weighted by Crippen LogP contribution is 2.29. The summed E-state index contributed by atoms with van der Waals surface area (Å²) in [6, 6.07) is 5.14. The number of carboxylic acids is 1. The fourth-order valence-electron chi connectivity index (χ4n) is 3.20. The van der Waals surface area contributed by atoms with Crippen molar-refractivity contribution in [3.63, 3.8) is 0 Å². The van der Waals surface area contributed by atoms with Crippen LogP contribution >= 0.6 is 11.6 Å². The summed E-state index contributed by atoms with van der Waals surface area (Å²) >= 11 is 6.07. The van der Waals surface area contributed by atoms with Crippen LogP contribution in [0.4, 0.5) is 10.5 Å². The van der Waals surface area contributed by atoms with Gasteiger partial charge in [0.25, 0.3) is 0 Å². The lowest BCUT2D eigenvalue weighted by Crippen LogP contribution is -2.38. The van der Waals surface area contributed by atoms with Gasteiger partial charge in [-0.2, -0.15) is 0 Å². The van der Waals surface area contributed by atoms with E-state index in [1.165, 1.54) is 0 Å². The largest absolute Gasteiger partial charge is 0.491 e. The van der Waals surface area contributed by atoms with E-state index in [9.17, 15) is 9.59 Å². The van der Waals surface area contributed by atoms with Crippen molar-refractivity contribution in [2.24, 2.45) is 0 Å². The molecule has 0 aliphatic carbocycles. The summed E-state index contributed by atoms with van der Waals surface area (Å²) in [7, 11) is 1.82. The first-order valence-electron chi connectivity index (χ1n) is 9.31. The maximum atomic E-state index is 12.7. The number of likely N-dealkylation sites (tertiary alicyclic amines) is 1. The number of hydrogen-bond acceptors (Lipinski definition) is 4. The monoisotopic (exact) mass is 397 g/mol. The summed E-state index contributed by atoms with van der Waals surface area (Å²) in [5, 5.41) is 12.4. The van der Waals surface area contributed by atoms with Crippen molar-refractivity contribution < 1.29 is 19.4 Å². The molecule has 1 aromatic carbocycles. The number of halogens is 1. The van der Waals surface area contributed by atoms with Gasteiger partial charge in [-0.3, -0.25) is 9.69 Å². The van der Waals surface area contributed by atoms with Crippen molar-refractivity contribution in [1.29, 1.82) is 0 Å². The minimum Gasteiger partial charge on any atom is -0.491 e. The first-order chi connectivity index (χ1) is 12.9. The fraction of sp³-hybridized carbons (Fsp3) is 0.579. The molecular weight excluding hydrogens is 370 g/mol. The molecular formula is C19H28ClN3O4. The van der Waals surface area contributed by atoms with Gasteiger partial charge in [0.2, 0.25) is 0 Å². The summed E-state index contributed by atoms with van der Waals surface area (Å²) in [6.07, 6.45) is 3.31. The average molecular weight is 398 g/mol. The zero-order chi connectivity index (χ0) is 19.8. The number of benzene rings is 1. The van der Waals surface area contributed by atoms with E-state index < -0.39 is 5.97 Å². The Morgan fingerprint density at radius 3 is 2.85 bits per heavy atom. The number of hydrogen-bond donors (Lipinski definition) is 2. The number of rotatable bonds is 7. The number of anilines is 1. The van der Waals surface area contributed by atoms with Crippen molar-refractivity contribution in [2.75, 3.05) is 38.6 Å². The van der Waals surface area contributed by atoms with Crippen LogP contribution in [0, 0.1) is 0 Å². The van der Waals surface area contributed by atoms with Crippen LogP contribution in [-0.2, 0) is 4.79 Å². The van der Waals surface area contributed by atoms with E-state index in [1.807, 2.05) is 18.9 Å². The predicted octanol–water partition coefficient (Wildman–Crippen LogP) is 3.53. The third kappa shape index (κ3) is 6.59. The maximum Gasteiger partial charge on any atom is 0.321 e. The maximum absolute atomic E-state index is 12.7. The number of amides is 2. The molecule has 2 rings (SSSR count). The Balaban J connectivity index is 1.98. The summed E-state index contributed by atoms with van der Waals surface area (Å²) in [4.78, 5) is 27.2. The molecule has 0 bridgehead atoms. The van der Waals surface area contributed by atoms with Crippen LogP contribution < -0.4 is 10.1 Å². The number of likely N-dealkylation sites (N-methyl/N-ethyl adjacent to an activating group) is 1. The van der Waals surface area contributed by atoms with Crippen LogP contribution in [0.1, 0.15) is 32.6 Å². The quantitative estimate of drug-likeness (QED) is 0.735. The third-order valence-electron chi connectivity index (χ3n) is 4.64. The number of urea groups is 1. The number of carbonyl (C=O) groups is 2. The molecule has 1 aliphatic rings.